The van der Waals surface area contributed by atoms with Gasteiger partial charge in [0.25, 0.3) is 0 Å². The van der Waals surface area contributed by atoms with Crippen LogP contribution in [0, 0.1) is 35.3 Å². The Labute approximate surface area is 111 Å². The van der Waals surface area contributed by atoms with E-state index in [9.17, 15) is 13.9 Å². The largest absolute Gasteiger partial charge is 0.385 e. The van der Waals surface area contributed by atoms with Crippen molar-refractivity contribution in [2.75, 3.05) is 0 Å². The summed E-state index contributed by atoms with van der Waals surface area (Å²) in [4.78, 5) is 0. The van der Waals surface area contributed by atoms with E-state index >= 15 is 0 Å². The van der Waals surface area contributed by atoms with Gasteiger partial charge in [-0.15, -0.1) is 0 Å². The standard InChI is InChI=1S/C16H18F2O/c17-14-6-13(7-15(18)8-14)16(19)11-2-9-1-10(4-11)5-12(16)3-9/h6-12,19H,1-5H2. The summed E-state index contributed by atoms with van der Waals surface area (Å²) in [6.07, 6.45) is 5.35. The molecule has 1 nitrogen and oxygen atoms in total. The first-order valence-electron chi connectivity index (χ1n) is 7.24. The van der Waals surface area contributed by atoms with Gasteiger partial charge in [0.1, 0.15) is 11.6 Å². The topological polar surface area (TPSA) is 20.2 Å². The van der Waals surface area contributed by atoms with E-state index in [1.807, 2.05) is 0 Å². The number of halogens is 2. The second-order valence-electron chi connectivity index (χ2n) is 6.79. The molecular weight excluding hydrogens is 246 g/mol. The van der Waals surface area contributed by atoms with Crippen LogP contribution in [0.5, 0.6) is 0 Å². The molecule has 3 heteroatoms. The number of hydrogen-bond donors (Lipinski definition) is 1. The van der Waals surface area contributed by atoms with E-state index in [4.69, 9.17) is 0 Å². The highest BCUT2D eigenvalue weighted by molar-refractivity contribution is 5.29. The Kier molecular flexibility index (Phi) is 2.36. The van der Waals surface area contributed by atoms with Crippen LogP contribution < -0.4 is 0 Å². The second-order valence-corrected chi connectivity index (χ2v) is 6.79. The predicted octanol–water partition coefficient (Wildman–Crippen LogP) is 3.61. The van der Waals surface area contributed by atoms with E-state index in [0.29, 0.717) is 5.56 Å². The van der Waals surface area contributed by atoms with Gasteiger partial charge in [0.15, 0.2) is 0 Å². The lowest BCUT2D eigenvalue weighted by molar-refractivity contribution is -0.179. The van der Waals surface area contributed by atoms with Crippen molar-refractivity contribution in [2.24, 2.45) is 23.7 Å². The molecule has 1 N–H and O–H groups in total. The van der Waals surface area contributed by atoms with Crippen LogP contribution in [-0.4, -0.2) is 5.11 Å². The number of benzene rings is 1. The smallest absolute Gasteiger partial charge is 0.126 e. The molecule has 5 rings (SSSR count). The Morgan fingerprint density at radius 2 is 1.32 bits per heavy atom. The van der Waals surface area contributed by atoms with E-state index < -0.39 is 17.2 Å². The maximum atomic E-state index is 13.5. The molecule has 0 saturated heterocycles. The summed E-state index contributed by atoms with van der Waals surface area (Å²) in [6, 6.07) is 3.53. The lowest BCUT2D eigenvalue weighted by atomic mass is 9.48. The van der Waals surface area contributed by atoms with Gasteiger partial charge >= 0.3 is 0 Å². The van der Waals surface area contributed by atoms with Crippen LogP contribution in [0.1, 0.15) is 37.7 Å². The van der Waals surface area contributed by atoms with Gasteiger partial charge in [-0.2, -0.15) is 0 Å². The van der Waals surface area contributed by atoms with Crippen molar-refractivity contribution < 1.29 is 13.9 Å². The summed E-state index contributed by atoms with van der Waals surface area (Å²) >= 11 is 0. The van der Waals surface area contributed by atoms with Crippen molar-refractivity contribution in [3.05, 3.63) is 35.4 Å². The third kappa shape index (κ3) is 1.60. The van der Waals surface area contributed by atoms with Gasteiger partial charge in [0.2, 0.25) is 0 Å². The lowest BCUT2D eigenvalue weighted by Gasteiger charge is -2.59. The minimum absolute atomic E-state index is 0.185. The minimum atomic E-state index is -1.00. The highest BCUT2D eigenvalue weighted by atomic mass is 19.1. The number of rotatable bonds is 1. The van der Waals surface area contributed by atoms with Crippen LogP contribution in [0.15, 0.2) is 18.2 Å². The molecule has 0 unspecified atom stereocenters. The summed E-state index contributed by atoms with van der Waals surface area (Å²) in [5, 5.41) is 11.2. The molecule has 0 atom stereocenters. The monoisotopic (exact) mass is 264 g/mol. The van der Waals surface area contributed by atoms with E-state index in [-0.39, 0.29) is 11.8 Å². The van der Waals surface area contributed by atoms with Crippen molar-refractivity contribution in [2.45, 2.75) is 37.7 Å². The highest BCUT2D eigenvalue weighted by Gasteiger charge is 2.57. The Morgan fingerprint density at radius 3 is 1.79 bits per heavy atom. The zero-order valence-corrected chi connectivity index (χ0v) is 10.8. The molecule has 4 aliphatic carbocycles. The third-order valence-electron chi connectivity index (χ3n) is 5.71. The number of aliphatic hydroxyl groups is 1. The summed E-state index contributed by atoms with van der Waals surface area (Å²) in [5.74, 6) is 0.645. The molecule has 4 bridgehead atoms. The SMILES string of the molecule is OC1(c2cc(F)cc(F)c2)C2CC3CC(C2)CC1C3. The van der Waals surface area contributed by atoms with Gasteiger partial charge < -0.3 is 5.11 Å². The molecule has 0 aliphatic heterocycles. The molecule has 0 radical (unpaired) electrons. The summed E-state index contributed by atoms with van der Waals surface area (Å²) < 4.78 is 26.9. The molecular formula is C16H18F2O. The van der Waals surface area contributed by atoms with Crippen molar-refractivity contribution in [1.82, 2.24) is 0 Å². The second kappa shape index (κ2) is 3.78. The van der Waals surface area contributed by atoms with Crippen molar-refractivity contribution in [3.8, 4) is 0 Å². The van der Waals surface area contributed by atoms with Crippen molar-refractivity contribution >= 4 is 0 Å². The van der Waals surface area contributed by atoms with E-state index in [1.54, 1.807) is 0 Å². The van der Waals surface area contributed by atoms with Crippen LogP contribution in [0.2, 0.25) is 0 Å². The van der Waals surface area contributed by atoms with Crippen LogP contribution in [0.4, 0.5) is 8.78 Å². The Morgan fingerprint density at radius 1 is 0.842 bits per heavy atom. The normalized spacial score (nSPS) is 43.7. The Balaban J connectivity index is 1.80. The van der Waals surface area contributed by atoms with E-state index in [1.165, 1.54) is 18.6 Å². The van der Waals surface area contributed by atoms with Crippen molar-refractivity contribution in [1.29, 1.82) is 0 Å². The first-order chi connectivity index (χ1) is 9.05. The highest BCUT2D eigenvalue weighted by Crippen LogP contribution is 2.61. The molecule has 0 spiro atoms. The third-order valence-corrected chi connectivity index (χ3v) is 5.71. The van der Waals surface area contributed by atoms with Crippen LogP contribution in [0.3, 0.4) is 0 Å². The molecule has 0 aromatic heterocycles. The van der Waals surface area contributed by atoms with Gasteiger partial charge in [-0.3, -0.25) is 0 Å². The fourth-order valence-corrected chi connectivity index (χ4v) is 5.16. The zero-order valence-electron chi connectivity index (χ0n) is 10.8. The van der Waals surface area contributed by atoms with E-state index in [2.05, 4.69) is 0 Å². The zero-order chi connectivity index (χ0) is 13.2. The van der Waals surface area contributed by atoms with Gasteiger partial charge in [0, 0.05) is 6.07 Å². The summed E-state index contributed by atoms with van der Waals surface area (Å²) in [7, 11) is 0. The van der Waals surface area contributed by atoms with Gasteiger partial charge in [0.05, 0.1) is 5.60 Å². The predicted molar refractivity (Wildman–Crippen MR) is 67.3 cm³/mol. The average Bonchev–Trinajstić information content (AvgIpc) is 2.33. The molecule has 4 fully saturated rings. The first-order valence-corrected chi connectivity index (χ1v) is 7.24. The van der Waals surface area contributed by atoms with E-state index in [0.717, 1.165) is 43.6 Å². The van der Waals surface area contributed by atoms with Crippen LogP contribution in [0.25, 0.3) is 0 Å². The maximum absolute atomic E-state index is 13.5. The van der Waals surface area contributed by atoms with Gasteiger partial charge in [-0.05, 0) is 73.5 Å². The molecule has 0 amide bonds. The minimum Gasteiger partial charge on any atom is -0.385 e. The fourth-order valence-electron chi connectivity index (χ4n) is 5.16. The lowest BCUT2D eigenvalue weighted by Crippen LogP contribution is -2.55. The quantitative estimate of drug-likeness (QED) is 0.821. The number of hydrogen-bond acceptors (Lipinski definition) is 1. The maximum Gasteiger partial charge on any atom is 0.126 e. The van der Waals surface area contributed by atoms with Crippen molar-refractivity contribution in [3.63, 3.8) is 0 Å². The fraction of sp³-hybridized carbons (Fsp3) is 0.625. The molecule has 1 aromatic carbocycles. The van der Waals surface area contributed by atoms with Gasteiger partial charge in [-0.1, -0.05) is 0 Å². The molecule has 0 heterocycles. The molecule has 19 heavy (non-hydrogen) atoms. The summed E-state index contributed by atoms with van der Waals surface area (Å²) in [6.45, 7) is 0. The first kappa shape index (κ1) is 11.8. The molecule has 4 saturated carbocycles. The van der Waals surface area contributed by atoms with Crippen LogP contribution >= 0.6 is 0 Å². The Bertz CT molecular complexity index is 477. The Hall–Kier alpha value is -0.960. The van der Waals surface area contributed by atoms with Crippen LogP contribution in [-0.2, 0) is 5.60 Å². The van der Waals surface area contributed by atoms with Gasteiger partial charge in [-0.25, -0.2) is 8.78 Å². The summed E-state index contributed by atoms with van der Waals surface area (Å²) in [5.41, 5.74) is -0.546. The molecule has 1 aromatic rings. The molecule has 4 aliphatic rings. The average molecular weight is 264 g/mol. The molecule has 102 valence electrons.